The molecule has 1 aliphatic rings. The van der Waals surface area contributed by atoms with Crippen LogP contribution < -0.4 is 10.6 Å². The summed E-state index contributed by atoms with van der Waals surface area (Å²) in [6.07, 6.45) is 1.24. The van der Waals surface area contributed by atoms with Crippen LogP contribution >= 0.6 is 0 Å². The number of nitrogens with one attached hydrogen (secondary N) is 2. The van der Waals surface area contributed by atoms with E-state index < -0.39 is 24.0 Å². The molecule has 21 heavy (non-hydrogen) atoms. The van der Waals surface area contributed by atoms with Gasteiger partial charge in [0.2, 0.25) is 0 Å². The first-order chi connectivity index (χ1) is 9.90. The first kappa shape index (κ1) is 17.2. The Morgan fingerprint density at radius 2 is 1.81 bits per heavy atom. The van der Waals surface area contributed by atoms with Crippen LogP contribution in [-0.2, 0) is 14.3 Å². The molecule has 0 bridgehead atoms. The quantitative estimate of drug-likeness (QED) is 0.540. The Labute approximate surface area is 122 Å². The molecular formula is C13H22N2O6. The van der Waals surface area contributed by atoms with Crippen molar-refractivity contribution in [1.29, 1.82) is 0 Å². The fourth-order valence-electron chi connectivity index (χ4n) is 2.27. The minimum absolute atomic E-state index is 0.0946. The molecule has 0 aromatic carbocycles. The zero-order valence-corrected chi connectivity index (χ0v) is 12.0. The average Bonchev–Trinajstić information content (AvgIpc) is 2.43. The molecule has 1 saturated heterocycles. The third-order valence-corrected chi connectivity index (χ3v) is 3.58. The maximum absolute atomic E-state index is 11.8. The van der Waals surface area contributed by atoms with Crippen molar-refractivity contribution in [2.45, 2.75) is 44.7 Å². The Bertz CT molecular complexity index is 381. The van der Waals surface area contributed by atoms with Crippen molar-refractivity contribution < 1.29 is 29.3 Å². The fraction of sp³-hybridized carbons (Fsp3) is 0.769. The number of carbonyl (C=O) groups excluding carboxylic acids is 1. The van der Waals surface area contributed by atoms with Crippen LogP contribution in [0.3, 0.4) is 0 Å². The zero-order chi connectivity index (χ0) is 15.8. The lowest BCUT2D eigenvalue weighted by Crippen LogP contribution is -2.50. The van der Waals surface area contributed by atoms with Crippen molar-refractivity contribution in [3.05, 3.63) is 0 Å². The van der Waals surface area contributed by atoms with Crippen LogP contribution in [0.15, 0.2) is 0 Å². The summed E-state index contributed by atoms with van der Waals surface area (Å²) >= 11 is 0. The van der Waals surface area contributed by atoms with Gasteiger partial charge in [0.05, 0.1) is 0 Å². The SMILES string of the molecule is CC(NC(=O)N[C@@H](CCC(=O)O)C(=O)O)C1CCOCC1. The van der Waals surface area contributed by atoms with Crippen molar-refractivity contribution >= 4 is 18.0 Å². The lowest BCUT2D eigenvalue weighted by molar-refractivity contribution is -0.140. The van der Waals surface area contributed by atoms with Crippen LogP contribution in [0.1, 0.15) is 32.6 Å². The molecule has 0 aromatic heterocycles. The molecule has 0 aromatic rings. The van der Waals surface area contributed by atoms with Crippen LogP contribution in [0.5, 0.6) is 0 Å². The molecule has 1 fully saturated rings. The van der Waals surface area contributed by atoms with Crippen LogP contribution in [0.4, 0.5) is 4.79 Å². The fourth-order valence-corrected chi connectivity index (χ4v) is 2.27. The molecule has 0 spiro atoms. The highest BCUT2D eigenvalue weighted by molar-refractivity contribution is 5.83. The Morgan fingerprint density at radius 3 is 2.33 bits per heavy atom. The lowest BCUT2D eigenvalue weighted by atomic mass is 9.93. The highest BCUT2D eigenvalue weighted by Crippen LogP contribution is 2.18. The second-order valence-corrected chi connectivity index (χ2v) is 5.18. The normalized spacial score (nSPS) is 18.5. The predicted octanol–water partition coefficient (Wildman–Crippen LogP) is 0.419. The largest absolute Gasteiger partial charge is 0.481 e. The molecule has 0 saturated carbocycles. The van der Waals surface area contributed by atoms with Crippen molar-refractivity contribution in [2.75, 3.05) is 13.2 Å². The van der Waals surface area contributed by atoms with E-state index in [-0.39, 0.29) is 18.9 Å². The lowest BCUT2D eigenvalue weighted by Gasteiger charge is -2.28. The van der Waals surface area contributed by atoms with Gasteiger partial charge in [-0.3, -0.25) is 4.79 Å². The van der Waals surface area contributed by atoms with Gasteiger partial charge in [-0.15, -0.1) is 0 Å². The molecule has 1 unspecified atom stereocenters. The summed E-state index contributed by atoms with van der Waals surface area (Å²) in [4.78, 5) is 33.2. The smallest absolute Gasteiger partial charge is 0.326 e. The van der Waals surface area contributed by atoms with E-state index >= 15 is 0 Å². The first-order valence-electron chi connectivity index (χ1n) is 6.99. The molecule has 4 N–H and O–H groups in total. The second-order valence-electron chi connectivity index (χ2n) is 5.18. The molecule has 2 amide bonds. The summed E-state index contributed by atoms with van der Waals surface area (Å²) in [5, 5.41) is 22.5. The molecule has 120 valence electrons. The van der Waals surface area contributed by atoms with E-state index in [4.69, 9.17) is 14.9 Å². The minimum Gasteiger partial charge on any atom is -0.481 e. The number of amides is 2. The van der Waals surface area contributed by atoms with Gasteiger partial charge in [-0.2, -0.15) is 0 Å². The van der Waals surface area contributed by atoms with Crippen molar-refractivity contribution in [1.82, 2.24) is 10.6 Å². The third kappa shape index (κ3) is 6.44. The standard InChI is InChI=1S/C13H22N2O6/c1-8(9-4-6-21-7-5-9)14-13(20)15-10(12(18)19)2-3-11(16)17/h8-10H,2-7H2,1H3,(H,16,17)(H,18,19)(H2,14,15,20)/t8?,10-/m0/s1. The van der Waals surface area contributed by atoms with Gasteiger partial charge in [0, 0.05) is 25.7 Å². The Morgan fingerprint density at radius 1 is 1.19 bits per heavy atom. The first-order valence-corrected chi connectivity index (χ1v) is 6.99. The Kier molecular flexibility index (Phi) is 6.93. The topological polar surface area (TPSA) is 125 Å². The van der Waals surface area contributed by atoms with E-state index in [1.54, 1.807) is 0 Å². The Hall–Kier alpha value is -1.83. The van der Waals surface area contributed by atoms with Gasteiger partial charge in [-0.1, -0.05) is 0 Å². The number of urea groups is 1. The van der Waals surface area contributed by atoms with E-state index in [1.807, 2.05) is 6.92 Å². The van der Waals surface area contributed by atoms with Crippen molar-refractivity contribution in [2.24, 2.45) is 5.92 Å². The van der Waals surface area contributed by atoms with Crippen molar-refractivity contribution in [3.8, 4) is 0 Å². The number of carboxylic acid groups (broad SMARTS) is 2. The minimum atomic E-state index is -1.25. The molecule has 0 aliphatic carbocycles. The predicted molar refractivity (Wildman–Crippen MR) is 73.0 cm³/mol. The second kappa shape index (κ2) is 8.46. The van der Waals surface area contributed by atoms with Crippen LogP contribution in [0.25, 0.3) is 0 Å². The maximum atomic E-state index is 11.8. The molecular weight excluding hydrogens is 280 g/mol. The van der Waals surface area contributed by atoms with E-state index in [0.29, 0.717) is 19.1 Å². The van der Waals surface area contributed by atoms with Crippen LogP contribution in [-0.4, -0.2) is 53.5 Å². The number of aliphatic carboxylic acids is 2. The summed E-state index contributed by atoms with van der Waals surface area (Å²) in [6.45, 7) is 3.19. The monoisotopic (exact) mass is 302 g/mol. The maximum Gasteiger partial charge on any atom is 0.326 e. The molecule has 8 nitrogen and oxygen atoms in total. The highest BCUT2D eigenvalue weighted by Gasteiger charge is 2.25. The van der Waals surface area contributed by atoms with E-state index in [2.05, 4.69) is 10.6 Å². The van der Waals surface area contributed by atoms with E-state index in [1.165, 1.54) is 0 Å². The van der Waals surface area contributed by atoms with Gasteiger partial charge >= 0.3 is 18.0 Å². The molecule has 1 heterocycles. The number of rotatable bonds is 7. The molecule has 0 radical (unpaired) electrons. The van der Waals surface area contributed by atoms with Crippen LogP contribution in [0, 0.1) is 5.92 Å². The van der Waals surface area contributed by atoms with Gasteiger partial charge < -0.3 is 25.6 Å². The van der Waals surface area contributed by atoms with E-state index in [0.717, 1.165) is 12.8 Å². The van der Waals surface area contributed by atoms with Crippen molar-refractivity contribution in [3.63, 3.8) is 0 Å². The summed E-state index contributed by atoms with van der Waals surface area (Å²) in [7, 11) is 0. The molecule has 1 aliphatic heterocycles. The molecule has 2 atom stereocenters. The zero-order valence-electron chi connectivity index (χ0n) is 12.0. The number of carbonyl (C=O) groups is 3. The van der Waals surface area contributed by atoms with E-state index in [9.17, 15) is 14.4 Å². The number of ether oxygens (including phenoxy) is 1. The van der Waals surface area contributed by atoms with Gasteiger partial charge in [0.25, 0.3) is 0 Å². The number of carboxylic acids is 2. The summed E-state index contributed by atoms with van der Waals surface area (Å²) < 4.78 is 5.24. The van der Waals surface area contributed by atoms with Gasteiger partial charge in [0.15, 0.2) is 0 Å². The highest BCUT2D eigenvalue weighted by atomic mass is 16.5. The molecule has 1 rings (SSSR count). The van der Waals surface area contributed by atoms with Crippen LogP contribution in [0.2, 0.25) is 0 Å². The molecule has 8 heteroatoms. The van der Waals surface area contributed by atoms with Gasteiger partial charge in [-0.05, 0) is 32.1 Å². The van der Waals surface area contributed by atoms with Gasteiger partial charge in [-0.25, -0.2) is 9.59 Å². The summed E-state index contributed by atoms with van der Waals surface area (Å²) in [5.74, 6) is -2.05. The van der Waals surface area contributed by atoms with Gasteiger partial charge in [0.1, 0.15) is 6.04 Å². The summed E-state index contributed by atoms with van der Waals surface area (Å²) in [5.41, 5.74) is 0. The number of hydrogen-bond donors (Lipinski definition) is 4. The third-order valence-electron chi connectivity index (χ3n) is 3.58. The summed E-state index contributed by atoms with van der Waals surface area (Å²) in [6, 6.07) is -1.89. The Balaban J connectivity index is 2.41. The average molecular weight is 302 g/mol. The number of hydrogen-bond acceptors (Lipinski definition) is 4.